The molecule has 9 heteroatoms. The summed E-state index contributed by atoms with van der Waals surface area (Å²) < 4.78 is 47.5. The van der Waals surface area contributed by atoms with Gasteiger partial charge in [0.15, 0.2) is 11.6 Å². The lowest BCUT2D eigenvalue weighted by molar-refractivity contribution is -0.366. The fourth-order valence-electron chi connectivity index (χ4n) is 6.75. The Morgan fingerprint density at radius 1 is 0.720 bits per heavy atom. The minimum Gasteiger partial charge on any atom is -0.505 e. The summed E-state index contributed by atoms with van der Waals surface area (Å²) in [5.74, 6) is -2.55. The maximum atomic E-state index is 14.3. The van der Waals surface area contributed by atoms with Gasteiger partial charge in [0, 0.05) is 17.0 Å². The van der Waals surface area contributed by atoms with Crippen molar-refractivity contribution < 1.29 is 38.3 Å². The first-order valence-corrected chi connectivity index (χ1v) is 17.0. The SMILES string of the molecule is OCC1OC2(Oc3c2ccc(Cl)c3Cc2ccc(O)c(F)c2)C(COCc2ccccc2)C(OCc2ccccc2)C1OCc1ccccc1. The summed E-state index contributed by atoms with van der Waals surface area (Å²) in [6.07, 6.45) is -1.88. The molecule has 2 N–H and O–H groups in total. The third kappa shape index (κ3) is 7.14. The molecule has 7 rings (SSSR count). The second kappa shape index (κ2) is 15.3. The first-order chi connectivity index (χ1) is 24.4. The molecule has 7 nitrogen and oxygen atoms in total. The molecule has 258 valence electrons. The van der Waals surface area contributed by atoms with Crippen LogP contribution in [0.2, 0.25) is 5.02 Å². The molecular weight excluding hydrogens is 659 g/mol. The lowest BCUT2D eigenvalue weighted by atomic mass is 9.76. The maximum Gasteiger partial charge on any atom is 0.249 e. The van der Waals surface area contributed by atoms with E-state index in [4.69, 9.17) is 35.3 Å². The standard InChI is InChI=1S/C41H38ClFO7/c42-34-18-17-32-38(31(34)20-30-16-19-36(45)35(43)21-30)50-41(32)33(26-46-23-27-10-4-1-5-11-27)39(47-24-28-12-6-2-7-13-28)40(37(22-44)49-41)48-25-29-14-8-3-9-15-29/h1-19,21,33,37,39-40,44-45H,20,22-26H2. The Hall–Kier alpha value is -4.28. The highest BCUT2D eigenvalue weighted by atomic mass is 35.5. The second-order valence-corrected chi connectivity index (χ2v) is 13.0. The number of rotatable bonds is 13. The summed E-state index contributed by atoms with van der Waals surface area (Å²) in [6.45, 7) is 0.740. The molecule has 0 amide bonds. The summed E-state index contributed by atoms with van der Waals surface area (Å²) in [5.41, 5.74) is 4.94. The first kappa shape index (κ1) is 34.2. The lowest BCUT2D eigenvalue weighted by Gasteiger charge is -2.57. The average molecular weight is 697 g/mol. The molecular formula is C41H38ClFO7. The van der Waals surface area contributed by atoms with E-state index in [1.54, 1.807) is 12.1 Å². The second-order valence-electron chi connectivity index (χ2n) is 12.6. The number of benzene rings is 5. The van der Waals surface area contributed by atoms with Crippen LogP contribution in [0.4, 0.5) is 4.39 Å². The molecule has 50 heavy (non-hydrogen) atoms. The molecule has 2 aliphatic rings. The Balaban J connectivity index is 1.26. The van der Waals surface area contributed by atoms with Gasteiger partial charge in [-0.05, 0) is 46.5 Å². The Labute approximate surface area is 295 Å². The first-order valence-electron chi connectivity index (χ1n) is 16.6. The number of ether oxygens (including phenoxy) is 5. The zero-order valence-corrected chi connectivity index (χ0v) is 28.0. The number of halogens is 2. The van der Waals surface area contributed by atoms with Gasteiger partial charge >= 0.3 is 0 Å². The number of phenols is 1. The number of aliphatic hydroxyl groups excluding tert-OH is 1. The van der Waals surface area contributed by atoms with Gasteiger partial charge in [-0.1, -0.05) is 109 Å². The van der Waals surface area contributed by atoms with E-state index in [9.17, 15) is 14.6 Å². The van der Waals surface area contributed by atoms with E-state index in [1.807, 2.05) is 97.1 Å². The van der Waals surface area contributed by atoms with E-state index >= 15 is 0 Å². The highest BCUT2D eigenvalue weighted by Gasteiger charge is 2.64. The minimum atomic E-state index is -1.37. The van der Waals surface area contributed by atoms with E-state index in [1.165, 1.54) is 12.1 Å². The number of phenolic OH excluding ortho intramolecular Hbond substituents is 1. The normalized spacial score (nSPS) is 22.5. The van der Waals surface area contributed by atoms with E-state index in [0.29, 0.717) is 28.5 Å². The Kier molecular flexibility index (Phi) is 10.5. The molecule has 2 heterocycles. The molecule has 5 unspecified atom stereocenters. The van der Waals surface area contributed by atoms with Crippen LogP contribution in [0.5, 0.6) is 11.5 Å². The van der Waals surface area contributed by atoms with Crippen LogP contribution in [0.15, 0.2) is 121 Å². The minimum absolute atomic E-state index is 0.179. The topological polar surface area (TPSA) is 86.6 Å². The molecule has 5 aromatic carbocycles. The molecule has 5 aromatic rings. The third-order valence-electron chi connectivity index (χ3n) is 9.29. The van der Waals surface area contributed by atoms with Crippen molar-refractivity contribution in [3.05, 3.63) is 166 Å². The van der Waals surface area contributed by atoms with Gasteiger partial charge in [0.1, 0.15) is 18.0 Å². The quantitative estimate of drug-likeness (QED) is 0.130. The Bertz CT molecular complexity index is 1880. The molecule has 0 radical (unpaired) electrons. The zero-order chi connectivity index (χ0) is 34.5. The summed E-state index contributed by atoms with van der Waals surface area (Å²) in [5, 5.41) is 21.0. The van der Waals surface area contributed by atoms with Gasteiger partial charge < -0.3 is 33.9 Å². The maximum absolute atomic E-state index is 14.3. The van der Waals surface area contributed by atoms with Crippen LogP contribution in [0.3, 0.4) is 0 Å². The number of aliphatic hydroxyl groups is 1. The van der Waals surface area contributed by atoms with Gasteiger partial charge in [-0.25, -0.2) is 4.39 Å². The summed E-state index contributed by atoms with van der Waals surface area (Å²) >= 11 is 6.72. The van der Waals surface area contributed by atoms with Gasteiger partial charge in [-0.3, -0.25) is 0 Å². The van der Waals surface area contributed by atoms with Crippen LogP contribution < -0.4 is 4.74 Å². The fourth-order valence-corrected chi connectivity index (χ4v) is 6.97. The van der Waals surface area contributed by atoms with Crippen molar-refractivity contribution in [3.63, 3.8) is 0 Å². The Morgan fingerprint density at radius 3 is 1.92 bits per heavy atom. The molecule has 0 aliphatic carbocycles. The fraction of sp³-hybridized carbons (Fsp3) is 0.268. The van der Waals surface area contributed by atoms with Gasteiger partial charge in [0.2, 0.25) is 5.79 Å². The predicted molar refractivity (Wildman–Crippen MR) is 186 cm³/mol. The number of hydrogen-bond donors (Lipinski definition) is 2. The van der Waals surface area contributed by atoms with Crippen molar-refractivity contribution in [1.29, 1.82) is 0 Å². The van der Waals surface area contributed by atoms with Gasteiger partial charge in [0.05, 0.1) is 50.6 Å². The van der Waals surface area contributed by atoms with Gasteiger partial charge in [0.25, 0.3) is 0 Å². The van der Waals surface area contributed by atoms with Crippen LogP contribution in [-0.2, 0) is 51.0 Å². The molecule has 0 bridgehead atoms. The molecule has 0 saturated carbocycles. The number of aromatic hydroxyl groups is 1. The molecule has 0 aromatic heterocycles. The van der Waals surface area contributed by atoms with Crippen LogP contribution >= 0.6 is 11.6 Å². The van der Waals surface area contributed by atoms with Crippen molar-refractivity contribution in [2.24, 2.45) is 5.92 Å². The summed E-state index contributed by atoms with van der Waals surface area (Å²) in [6, 6.07) is 37.4. The average Bonchev–Trinajstić information content (AvgIpc) is 3.14. The highest BCUT2D eigenvalue weighted by Crippen LogP contribution is 2.57. The molecule has 5 atom stereocenters. The van der Waals surface area contributed by atoms with Gasteiger partial charge in [-0.2, -0.15) is 0 Å². The van der Waals surface area contributed by atoms with E-state index in [2.05, 4.69) is 0 Å². The van der Waals surface area contributed by atoms with Gasteiger partial charge in [-0.15, -0.1) is 0 Å². The smallest absolute Gasteiger partial charge is 0.249 e. The monoisotopic (exact) mass is 696 g/mol. The number of hydrogen-bond acceptors (Lipinski definition) is 7. The largest absolute Gasteiger partial charge is 0.505 e. The third-order valence-corrected chi connectivity index (χ3v) is 9.64. The van der Waals surface area contributed by atoms with Crippen LogP contribution in [-0.4, -0.2) is 41.7 Å². The van der Waals surface area contributed by atoms with Crippen molar-refractivity contribution in [3.8, 4) is 11.5 Å². The Morgan fingerprint density at radius 2 is 1.32 bits per heavy atom. The predicted octanol–water partition coefficient (Wildman–Crippen LogP) is 7.72. The van der Waals surface area contributed by atoms with Crippen molar-refractivity contribution in [2.45, 2.75) is 50.3 Å². The molecule has 2 aliphatic heterocycles. The van der Waals surface area contributed by atoms with E-state index < -0.39 is 41.6 Å². The summed E-state index contributed by atoms with van der Waals surface area (Å²) in [7, 11) is 0. The zero-order valence-electron chi connectivity index (χ0n) is 27.3. The van der Waals surface area contributed by atoms with Crippen molar-refractivity contribution in [2.75, 3.05) is 13.2 Å². The summed E-state index contributed by atoms with van der Waals surface area (Å²) in [4.78, 5) is 0. The van der Waals surface area contributed by atoms with E-state index in [-0.39, 0.29) is 32.8 Å². The molecule has 1 spiro atoms. The van der Waals surface area contributed by atoms with Crippen molar-refractivity contribution >= 4 is 11.6 Å². The van der Waals surface area contributed by atoms with Crippen LogP contribution in [0.1, 0.15) is 33.4 Å². The van der Waals surface area contributed by atoms with Crippen molar-refractivity contribution in [1.82, 2.24) is 0 Å². The van der Waals surface area contributed by atoms with Crippen LogP contribution in [0, 0.1) is 11.7 Å². The number of fused-ring (bicyclic) bond motifs is 2. The highest BCUT2D eigenvalue weighted by molar-refractivity contribution is 6.31. The molecule has 1 saturated heterocycles. The van der Waals surface area contributed by atoms with E-state index in [0.717, 1.165) is 22.3 Å². The molecule has 1 fully saturated rings. The van der Waals surface area contributed by atoms with Crippen LogP contribution in [0.25, 0.3) is 0 Å². The lowest BCUT2D eigenvalue weighted by Crippen LogP contribution is -2.67.